The quantitative estimate of drug-likeness (QED) is 0.319. The molecule has 2 aliphatic heterocycles. The van der Waals surface area contributed by atoms with Crippen LogP contribution in [0.1, 0.15) is 58.2 Å². The lowest BCUT2D eigenvalue weighted by molar-refractivity contribution is -0.147. The highest BCUT2D eigenvalue weighted by Crippen LogP contribution is 2.43. The van der Waals surface area contributed by atoms with Gasteiger partial charge < -0.3 is 10.2 Å². The van der Waals surface area contributed by atoms with E-state index in [0.29, 0.717) is 22.2 Å². The molecule has 0 aliphatic carbocycles. The van der Waals surface area contributed by atoms with E-state index in [1.54, 1.807) is 13.3 Å². The molecule has 10 nitrogen and oxygen atoms in total. The average Bonchev–Trinajstić information content (AvgIpc) is 3.20. The number of tetrazole rings is 1. The van der Waals surface area contributed by atoms with Gasteiger partial charge in [0.2, 0.25) is 5.16 Å². The van der Waals surface area contributed by atoms with Crippen molar-refractivity contribution in [3.05, 3.63) is 40.1 Å². The number of fused-ring (bicyclic) bond motifs is 1. The highest BCUT2D eigenvalue weighted by atomic mass is 32.2. The number of aromatic nitrogens is 4. The molecule has 0 bridgehead atoms. The first-order valence-corrected chi connectivity index (χ1v) is 13.9. The number of β-lactam (4-membered cyclic amide) rings is 1. The van der Waals surface area contributed by atoms with Crippen molar-refractivity contribution in [1.29, 1.82) is 0 Å². The van der Waals surface area contributed by atoms with E-state index in [1.165, 1.54) is 33.1 Å². The van der Waals surface area contributed by atoms with Gasteiger partial charge in [-0.2, -0.15) is 0 Å². The molecular formula is C25H32N6O4S2. The Morgan fingerprint density at radius 3 is 2.35 bits per heavy atom. The molecule has 0 spiro atoms. The fourth-order valence-electron chi connectivity index (χ4n) is 4.31. The molecule has 2 aliphatic rings. The van der Waals surface area contributed by atoms with Crippen LogP contribution in [-0.4, -0.2) is 76.3 Å². The highest BCUT2D eigenvalue weighted by Gasteiger charge is 2.53. The minimum absolute atomic E-state index is 0.0255. The van der Waals surface area contributed by atoms with Gasteiger partial charge in [0.15, 0.2) is 6.04 Å². The molecule has 2 N–H and O–H groups in total. The SMILES string of the molecule is Cn1nnnc1SCC1=C(C(=O)O)N2C(=O)C(N=Cc3cc(C(C)(C)C)c(O)c(C(C)(C)C)c3)[C@H]2SC1. The first kappa shape index (κ1) is 27.2. The standard InChI is InChI=1S/C25H32N6O4S2/c1-24(2,3)15-8-13(9-16(19(15)32)25(4,5)6)10-26-17-20(33)31-18(22(34)35)14(11-36-21(17)31)12-37-23-27-28-29-30(23)7/h8-10,17,21,32H,11-12H2,1-7H3,(H,34,35)/t17?,21-/m1/s1. The summed E-state index contributed by atoms with van der Waals surface area (Å²) in [6.45, 7) is 12.2. The van der Waals surface area contributed by atoms with E-state index in [2.05, 4.69) is 20.5 Å². The van der Waals surface area contributed by atoms with Crippen LogP contribution in [-0.2, 0) is 27.5 Å². The molecule has 1 amide bonds. The molecule has 4 rings (SSSR count). The molecule has 2 aromatic rings. The number of aliphatic imine (C=N–C) groups is 1. The maximum absolute atomic E-state index is 13.1. The number of aryl methyl sites for hydroxylation is 1. The van der Waals surface area contributed by atoms with E-state index in [-0.39, 0.29) is 33.6 Å². The monoisotopic (exact) mass is 544 g/mol. The maximum Gasteiger partial charge on any atom is 0.352 e. The summed E-state index contributed by atoms with van der Waals surface area (Å²) in [5, 5.41) is 32.4. The number of rotatable bonds is 6. The highest BCUT2D eigenvalue weighted by molar-refractivity contribution is 8.01. The summed E-state index contributed by atoms with van der Waals surface area (Å²) in [6.07, 6.45) is 1.67. The Balaban J connectivity index is 1.58. The van der Waals surface area contributed by atoms with Crippen LogP contribution < -0.4 is 0 Å². The smallest absolute Gasteiger partial charge is 0.352 e. The van der Waals surface area contributed by atoms with Gasteiger partial charge >= 0.3 is 5.97 Å². The second-order valence-electron chi connectivity index (χ2n) is 11.2. The van der Waals surface area contributed by atoms with Gasteiger partial charge in [-0.3, -0.25) is 14.7 Å². The maximum atomic E-state index is 13.1. The van der Waals surface area contributed by atoms with Gasteiger partial charge in [-0.15, -0.1) is 16.9 Å². The Morgan fingerprint density at radius 2 is 1.84 bits per heavy atom. The molecule has 0 saturated carbocycles. The van der Waals surface area contributed by atoms with Crippen LogP contribution in [0.15, 0.2) is 33.6 Å². The van der Waals surface area contributed by atoms with Gasteiger partial charge in [-0.25, -0.2) is 9.48 Å². The van der Waals surface area contributed by atoms with E-state index in [4.69, 9.17) is 0 Å². The van der Waals surface area contributed by atoms with E-state index in [0.717, 1.165) is 16.7 Å². The van der Waals surface area contributed by atoms with Crippen LogP contribution in [0.4, 0.5) is 0 Å². The van der Waals surface area contributed by atoms with Crippen LogP contribution in [0.3, 0.4) is 0 Å². The molecule has 2 atom stereocenters. The fourth-order valence-corrected chi connectivity index (χ4v) is 6.64. The third-order valence-corrected chi connectivity index (χ3v) is 8.73. The largest absolute Gasteiger partial charge is 0.507 e. The molecule has 1 aromatic heterocycles. The topological polar surface area (TPSA) is 134 Å². The number of carbonyl (C=O) groups excluding carboxylic acids is 1. The van der Waals surface area contributed by atoms with Crippen LogP contribution >= 0.6 is 23.5 Å². The zero-order valence-corrected chi connectivity index (χ0v) is 23.6. The average molecular weight is 545 g/mol. The summed E-state index contributed by atoms with van der Waals surface area (Å²) < 4.78 is 1.52. The normalized spacial score (nSPS) is 20.4. The number of carbonyl (C=O) groups is 2. The van der Waals surface area contributed by atoms with E-state index < -0.39 is 12.0 Å². The lowest BCUT2D eigenvalue weighted by atomic mass is 9.78. The number of thioether (sulfide) groups is 2. The number of carboxylic acid groups (broad SMARTS) is 1. The summed E-state index contributed by atoms with van der Waals surface area (Å²) in [5.74, 6) is -0.339. The van der Waals surface area contributed by atoms with Crippen molar-refractivity contribution in [2.75, 3.05) is 11.5 Å². The number of phenolic OH excluding ortho intramolecular Hbond substituents is 1. The molecule has 1 saturated heterocycles. The summed E-state index contributed by atoms with van der Waals surface area (Å²) in [5.41, 5.74) is 2.53. The van der Waals surface area contributed by atoms with Crippen LogP contribution in [0.5, 0.6) is 5.75 Å². The Morgan fingerprint density at radius 1 is 1.22 bits per heavy atom. The predicted octanol–water partition coefficient (Wildman–Crippen LogP) is 3.34. The number of hydrogen-bond acceptors (Lipinski definition) is 9. The van der Waals surface area contributed by atoms with Crippen molar-refractivity contribution in [3.63, 3.8) is 0 Å². The third-order valence-electron chi connectivity index (χ3n) is 6.31. The molecule has 3 heterocycles. The zero-order chi connectivity index (χ0) is 27.3. The molecule has 37 heavy (non-hydrogen) atoms. The third kappa shape index (κ3) is 5.26. The lowest BCUT2D eigenvalue weighted by Gasteiger charge is -2.47. The zero-order valence-electron chi connectivity index (χ0n) is 22.0. The lowest BCUT2D eigenvalue weighted by Crippen LogP contribution is -2.64. The summed E-state index contributed by atoms with van der Waals surface area (Å²) in [6, 6.07) is 3.14. The number of nitrogens with zero attached hydrogens (tertiary/aromatic N) is 6. The van der Waals surface area contributed by atoms with Crippen LogP contribution in [0.2, 0.25) is 0 Å². The first-order valence-electron chi connectivity index (χ1n) is 11.9. The Hall–Kier alpha value is -2.86. The van der Waals surface area contributed by atoms with E-state index in [9.17, 15) is 19.8 Å². The van der Waals surface area contributed by atoms with Crippen molar-refractivity contribution >= 4 is 41.6 Å². The molecular weight excluding hydrogens is 512 g/mol. The number of benzene rings is 1. The van der Waals surface area contributed by atoms with Gasteiger partial charge in [0.05, 0.1) is 0 Å². The second kappa shape index (κ2) is 9.79. The first-order chi connectivity index (χ1) is 17.2. The second-order valence-corrected chi connectivity index (χ2v) is 13.3. The van der Waals surface area contributed by atoms with E-state index >= 15 is 0 Å². The minimum Gasteiger partial charge on any atom is -0.507 e. The van der Waals surface area contributed by atoms with Crippen LogP contribution in [0.25, 0.3) is 0 Å². The van der Waals surface area contributed by atoms with Gasteiger partial charge in [-0.05, 0) is 44.5 Å². The van der Waals surface area contributed by atoms with Crippen molar-refractivity contribution in [3.8, 4) is 5.75 Å². The molecule has 0 radical (unpaired) electrons. The summed E-state index contributed by atoms with van der Waals surface area (Å²) >= 11 is 2.84. The van der Waals surface area contributed by atoms with Gasteiger partial charge in [0.1, 0.15) is 16.8 Å². The van der Waals surface area contributed by atoms with Gasteiger partial charge in [0.25, 0.3) is 5.91 Å². The number of aliphatic carboxylic acids is 1. The summed E-state index contributed by atoms with van der Waals surface area (Å²) in [4.78, 5) is 31.2. The Labute approximate surface area is 224 Å². The fraction of sp³-hybridized carbons (Fsp3) is 0.520. The molecule has 1 fully saturated rings. The minimum atomic E-state index is -1.13. The number of hydrogen-bond donors (Lipinski definition) is 2. The van der Waals surface area contributed by atoms with Crippen molar-refractivity contribution in [2.45, 2.75) is 68.9 Å². The summed E-state index contributed by atoms with van der Waals surface area (Å²) in [7, 11) is 1.71. The van der Waals surface area contributed by atoms with Gasteiger partial charge in [-0.1, -0.05) is 53.3 Å². The van der Waals surface area contributed by atoms with Crippen molar-refractivity contribution in [2.24, 2.45) is 12.0 Å². The molecule has 1 aromatic carbocycles. The predicted molar refractivity (Wildman–Crippen MR) is 144 cm³/mol. The Kier molecular flexibility index (Phi) is 7.19. The van der Waals surface area contributed by atoms with E-state index in [1.807, 2.05) is 53.7 Å². The number of phenols is 1. The molecule has 198 valence electrons. The number of aromatic hydroxyl groups is 1. The van der Waals surface area contributed by atoms with Crippen molar-refractivity contribution in [1.82, 2.24) is 25.1 Å². The Bertz CT molecular complexity index is 1270. The molecule has 12 heteroatoms. The number of amides is 1. The number of carboxylic acids is 1. The molecule has 1 unspecified atom stereocenters. The van der Waals surface area contributed by atoms with Gasteiger partial charge in [0, 0.05) is 35.9 Å². The van der Waals surface area contributed by atoms with Crippen molar-refractivity contribution < 1.29 is 19.8 Å². The van der Waals surface area contributed by atoms with Crippen LogP contribution in [0, 0.1) is 0 Å².